The molecule has 0 radical (unpaired) electrons. The predicted octanol–water partition coefficient (Wildman–Crippen LogP) is 4.82. The number of hydrogen-bond acceptors (Lipinski definition) is 2. The fraction of sp³-hybridized carbons (Fsp3) is 0.462. The molecule has 0 saturated heterocycles. The van der Waals surface area contributed by atoms with Gasteiger partial charge < -0.3 is 10.2 Å². The first-order valence-corrected chi connectivity index (χ1v) is 11.1. The summed E-state index contributed by atoms with van der Waals surface area (Å²) in [6.45, 7) is 10.4. The summed E-state index contributed by atoms with van der Waals surface area (Å²) in [5.41, 5.74) is 4.65. The number of carbonyl (C=O) groups is 2. The Morgan fingerprint density at radius 2 is 1.47 bits per heavy atom. The first kappa shape index (κ1) is 23.7. The lowest BCUT2D eigenvalue weighted by molar-refractivity contribution is -0.140. The Labute approximate surface area is 181 Å². The van der Waals surface area contributed by atoms with Gasteiger partial charge in [0.25, 0.3) is 0 Å². The monoisotopic (exact) mass is 408 g/mol. The van der Waals surface area contributed by atoms with Gasteiger partial charge in [-0.05, 0) is 56.7 Å². The molecule has 0 aliphatic heterocycles. The Morgan fingerprint density at radius 3 is 2.03 bits per heavy atom. The van der Waals surface area contributed by atoms with E-state index in [2.05, 4.69) is 36.5 Å². The van der Waals surface area contributed by atoms with E-state index in [-0.39, 0.29) is 17.9 Å². The smallest absolute Gasteiger partial charge is 0.242 e. The van der Waals surface area contributed by atoms with Crippen LogP contribution in [-0.2, 0) is 29.0 Å². The molecule has 4 heteroatoms. The molecule has 0 aliphatic carbocycles. The van der Waals surface area contributed by atoms with Crippen molar-refractivity contribution >= 4 is 11.8 Å². The van der Waals surface area contributed by atoms with Crippen LogP contribution in [0, 0.1) is 6.92 Å². The molecule has 0 bridgehead atoms. The fourth-order valence-corrected chi connectivity index (χ4v) is 3.27. The van der Waals surface area contributed by atoms with Gasteiger partial charge in [-0.3, -0.25) is 9.59 Å². The van der Waals surface area contributed by atoms with E-state index in [1.165, 1.54) is 11.1 Å². The number of benzene rings is 2. The van der Waals surface area contributed by atoms with Gasteiger partial charge in [0.1, 0.15) is 6.04 Å². The Kier molecular flexibility index (Phi) is 9.10. The van der Waals surface area contributed by atoms with Crippen LogP contribution in [-0.4, -0.2) is 28.8 Å². The van der Waals surface area contributed by atoms with E-state index in [9.17, 15) is 9.59 Å². The van der Waals surface area contributed by atoms with Crippen LogP contribution in [0.25, 0.3) is 0 Å². The summed E-state index contributed by atoms with van der Waals surface area (Å²) < 4.78 is 0. The third-order valence-electron chi connectivity index (χ3n) is 5.70. The first-order chi connectivity index (χ1) is 14.3. The number of nitrogens with one attached hydrogen (secondary N) is 1. The third-order valence-corrected chi connectivity index (χ3v) is 5.70. The van der Waals surface area contributed by atoms with E-state index in [4.69, 9.17) is 0 Å². The van der Waals surface area contributed by atoms with E-state index in [1.54, 1.807) is 4.90 Å². The van der Waals surface area contributed by atoms with Crippen LogP contribution in [0.3, 0.4) is 0 Å². The maximum atomic E-state index is 13.2. The van der Waals surface area contributed by atoms with Crippen LogP contribution in [0.4, 0.5) is 0 Å². The zero-order chi connectivity index (χ0) is 22.1. The van der Waals surface area contributed by atoms with E-state index in [0.29, 0.717) is 19.4 Å². The summed E-state index contributed by atoms with van der Waals surface area (Å²) >= 11 is 0. The molecule has 0 unspecified atom stereocenters. The molecule has 0 aromatic heterocycles. The number of aryl methyl sites for hydroxylation is 3. The van der Waals surface area contributed by atoms with Gasteiger partial charge in [-0.2, -0.15) is 0 Å². The average molecular weight is 409 g/mol. The summed E-state index contributed by atoms with van der Waals surface area (Å²) in [6, 6.07) is 16.1. The van der Waals surface area contributed by atoms with Gasteiger partial charge in [0.15, 0.2) is 0 Å². The van der Waals surface area contributed by atoms with Gasteiger partial charge in [0.05, 0.1) is 0 Å². The highest BCUT2D eigenvalue weighted by molar-refractivity contribution is 5.87. The van der Waals surface area contributed by atoms with E-state index < -0.39 is 6.04 Å². The lowest BCUT2D eigenvalue weighted by atomic mass is 10.0. The number of amides is 2. The highest BCUT2D eigenvalue weighted by atomic mass is 16.2. The van der Waals surface area contributed by atoms with Gasteiger partial charge in [0.2, 0.25) is 11.8 Å². The summed E-state index contributed by atoms with van der Waals surface area (Å²) in [4.78, 5) is 27.6. The molecule has 0 heterocycles. The highest BCUT2D eigenvalue weighted by Gasteiger charge is 2.26. The SMILES string of the molecule is CCc1ccc(CCC(=O)N(Cc2ccc(C)cc2)[C@H](C)C(=O)N[C@@H](C)CC)cc1. The number of carbonyl (C=O) groups excluding carboxylic acids is 2. The van der Waals surface area contributed by atoms with Gasteiger partial charge >= 0.3 is 0 Å². The topological polar surface area (TPSA) is 49.4 Å². The van der Waals surface area contributed by atoms with Crippen LogP contribution in [0.2, 0.25) is 0 Å². The maximum absolute atomic E-state index is 13.2. The maximum Gasteiger partial charge on any atom is 0.242 e. The quantitative estimate of drug-likeness (QED) is 0.613. The Bertz CT molecular complexity index is 812. The molecule has 2 rings (SSSR count). The molecule has 2 atom stereocenters. The summed E-state index contributed by atoms with van der Waals surface area (Å²) in [6.07, 6.45) is 2.93. The summed E-state index contributed by atoms with van der Waals surface area (Å²) in [5, 5.41) is 3.01. The van der Waals surface area contributed by atoms with Crippen molar-refractivity contribution in [2.45, 2.75) is 78.9 Å². The summed E-state index contributed by atoms with van der Waals surface area (Å²) in [7, 11) is 0. The van der Waals surface area contributed by atoms with E-state index >= 15 is 0 Å². The van der Waals surface area contributed by atoms with Crippen molar-refractivity contribution in [2.75, 3.05) is 0 Å². The molecule has 2 aromatic carbocycles. The Balaban J connectivity index is 2.12. The van der Waals surface area contributed by atoms with Crippen LogP contribution in [0.5, 0.6) is 0 Å². The normalized spacial score (nSPS) is 12.8. The van der Waals surface area contributed by atoms with Crippen LogP contribution >= 0.6 is 0 Å². The zero-order valence-electron chi connectivity index (χ0n) is 19.1. The third kappa shape index (κ3) is 7.01. The van der Waals surface area contributed by atoms with E-state index in [0.717, 1.165) is 24.0 Å². The van der Waals surface area contributed by atoms with Crippen LogP contribution in [0.15, 0.2) is 48.5 Å². The van der Waals surface area contributed by atoms with Crippen molar-refractivity contribution in [3.63, 3.8) is 0 Å². The van der Waals surface area contributed by atoms with Crippen molar-refractivity contribution in [1.29, 1.82) is 0 Å². The molecular weight excluding hydrogens is 372 g/mol. The van der Waals surface area contributed by atoms with Crippen LogP contribution < -0.4 is 5.32 Å². The molecule has 2 amide bonds. The van der Waals surface area contributed by atoms with Gasteiger partial charge in [-0.15, -0.1) is 0 Å². The predicted molar refractivity (Wildman–Crippen MR) is 123 cm³/mol. The standard InChI is InChI=1S/C26H36N2O2/c1-6-20(4)27-26(30)21(5)28(18-24-10-8-19(3)9-11-24)25(29)17-16-23-14-12-22(7-2)13-15-23/h8-15,20-21H,6-7,16-18H2,1-5H3,(H,27,30)/t20-,21+/m0/s1. The molecule has 4 nitrogen and oxygen atoms in total. The lowest BCUT2D eigenvalue weighted by Gasteiger charge is -2.30. The molecule has 1 N–H and O–H groups in total. The van der Waals surface area contributed by atoms with Crippen molar-refractivity contribution in [1.82, 2.24) is 10.2 Å². The van der Waals surface area contributed by atoms with Crippen LogP contribution in [0.1, 0.15) is 62.8 Å². The highest BCUT2D eigenvalue weighted by Crippen LogP contribution is 2.14. The number of hydrogen-bond donors (Lipinski definition) is 1. The molecule has 0 fully saturated rings. The lowest BCUT2D eigenvalue weighted by Crippen LogP contribution is -2.49. The second-order valence-electron chi connectivity index (χ2n) is 8.17. The van der Waals surface area contributed by atoms with E-state index in [1.807, 2.05) is 52.0 Å². The molecule has 162 valence electrons. The minimum Gasteiger partial charge on any atom is -0.352 e. The zero-order valence-corrected chi connectivity index (χ0v) is 19.1. The fourth-order valence-electron chi connectivity index (χ4n) is 3.27. The van der Waals surface area contributed by atoms with Gasteiger partial charge in [-0.25, -0.2) is 0 Å². The van der Waals surface area contributed by atoms with Gasteiger partial charge in [-0.1, -0.05) is 67.9 Å². The Hall–Kier alpha value is -2.62. The molecule has 0 aliphatic rings. The Morgan fingerprint density at radius 1 is 0.900 bits per heavy atom. The number of nitrogens with zero attached hydrogens (tertiary/aromatic N) is 1. The average Bonchev–Trinajstić information content (AvgIpc) is 2.76. The molecule has 30 heavy (non-hydrogen) atoms. The molecular formula is C26H36N2O2. The molecule has 0 saturated carbocycles. The van der Waals surface area contributed by atoms with Gasteiger partial charge in [0, 0.05) is 19.0 Å². The summed E-state index contributed by atoms with van der Waals surface area (Å²) in [5.74, 6) is -0.0981. The second kappa shape index (κ2) is 11.5. The largest absolute Gasteiger partial charge is 0.352 e. The second-order valence-corrected chi connectivity index (χ2v) is 8.17. The minimum atomic E-state index is -0.518. The minimum absolute atomic E-state index is 0.00180. The first-order valence-electron chi connectivity index (χ1n) is 11.1. The van der Waals surface area contributed by atoms with Crippen molar-refractivity contribution < 1.29 is 9.59 Å². The van der Waals surface area contributed by atoms with Crippen molar-refractivity contribution in [3.8, 4) is 0 Å². The molecule has 0 spiro atoms. The molecule has 2 aromatic rings. The van der Waals surface area contributed by atoms with Crippen molar-refractivity contribution in [2.24, 2.45) is 0 Å². The van der Waals surface area contributed by atoms with Crippen molar-refractivity contribution in [3.05, 3.63) is 70.8 Å². The number of rotatable bonds is 10.